The molecule has 2 rings (SSSR count). The molecule has 1 fully saturated rings. The molecule has 140 valence electrons. The second-order valence-electron chi connectivity index (χ2n) is 6.59. The molecule has 2 heterocycles. The van der Waals surface area contributed by atoms with Gasteiger partial charge in [-0.1, -0.05) is 17.7 Å². The zero-order valence-corrected chi connectivity index (χ0v) is 16.3. The van der Waals surface area contributed by atoms with Crippen molar-refractivity contribution in [3.05, 3.63) is 29.0 Å². The molecule has 1 aromatic heterocycles. The fourth-order valence-electron chi connectivity index (χ4n) is 2.95. The first-order chi connectivity index (χ1) is 12.1. The van der Waals surface area contributed by atoms with Crippen LogP contribution in [-0.4, -0.2) is 68.3 Å². The van der Waals surface area contributed by atoms with Gasteiger partial charge in [0.25, 0.3) is 0 Å². The van der Waals surface area contributed by atoms with E-state index in [9.17, 15) is 0 Å². The van der Waals surface area contributed by atoms with Gasteiger partial charge in [0.2, 0.25) is 0 Å². The molecule has 0 spiro atoms. The summed E-state index contributed by atoms with van der Waals surface area (Å²) in [6.07, 6.45) is 4.72. The number of nitrogens with zero attached hydrogens (tertiary/aromatic N) is 3. The highest BCUT2D eigenvalue weighted by molar-refractivity contribution is 6.29. The molecule has 0 atom stereocenters. The maximum Gasteiger partial charge on any atom is 0.191 e. The summed E-state index contributed by atoms with van der Waals surface area (Å²) in [5.41, 5.74) is 1.24. The van der Waals surface area contributed by atoms with Gasteiger partial charge in [-0.15, -0.1) is 0 Å². The Morgan fingerprint density at radius 3 is 2.68 bits per heavy atom. The highest BCUT2D eigenvalue weighted by Crippen LogP contribution is 2.26. The molecule has 0 amide bonds. The quantitative estimate of drug-likeness (QED) is 0.438. The Labute approximate surface area is 156 Å². The fourth-order valence-corrected chi connectivity index (χ4v) is 3.06. The van der Waals surface area contributed by atoms with Crippen LogP contribution in [0.5, 0.6) is 0 Å². The van der Waals surface area contributed by atoms with Crippen LogP contribution in [0.2, 0.25) is 5.15 Å². The summed E-state index contributed by atoms with van der Waals surface area (Å²) < 4.78 is 5.53. The zero-order valence-electron chi connectivity index (χ0n) is 15.5. The van der Waals surface area contributed by atoms with Crippen molar-refractivity contribution >= 4 is 17.6 Å². The van der Waals surface area contributed by atoms with Gasteiger partial charge in [0, 0.05) is 38.0 Å². The SMILES string of the molecule is CCNC(=NCC1(N(C)C)CCOCC1)NCCc1ccc(Cl)nc1. The molecule has 0 unspecified atom stereocenters. The van der Waals surface area contributed by atoms with Gasteiger partial charge < -0.3 is 20.3 Å². The Morgan fingerprint density at radius 2 is 2.08 bits per heavy atom. The molecule has 25 heavy (non-hydrogen) atoms. The van der Waals surface area contributed by atoms with Crippen LogP contribution in [0.15, 0.2) is 23.3 Å². The number of pyridine rings is 1. The van der Waals surface area contributed by atoms with Gasteiger partial charge in [-0.25, -0.2) is 4.98 Å². The van der Waals surface area contributed by atoms with Crippen LogP contribution in [0.4, 0.5) is 0 Å². The van der Waals surface area contributed by atoms with Gasteiger partial charge in [-0.05, 0) is 51.9 Å². The van der Waals surface area contributed by atoms with Crippen molar-refractivity contribution in [2.75, 3.05) is 46.9 Å². The summed E-state index contributed by atoms with van der Waals surface area (Å²) in [6, 6.07) is 3.83. The van der Waals surface area contributed by atoms with Crippen LogP contribution in [0.1, 0.15) is 25.3 Å². The maximum atomic E-state index is 5.82. The first-order valence-electron chi connectivity index (χ1n) is 8.93. The lowest BCUT2D eigenvalue weighted by Crippen LogP contribution is -2.51. The predicted octanol–water partition coefficient (Wildman–Crippen LogP) is 1.94. The zero-order chi connectivity index (χ0) is 18.1. The molecule has 0 radical (unpaired) electrons. The van der Waals surface area contributed by atoms with E-state index in [4.69, 9.17) is 21.3 Å². The number of aromatic nitrogens is 1. The second kappa shape index (κ2) is 9.94. The molecule has 0 saturated carbocycles. The highest BCUT2D eigenvalue weighted by Gasteiger charge is 2.34. The van der Waals surface area contributed by atoms with Crippen molar-refractivity contribution in [1.82, 2.24) is 20.5 Å². The maximum absolute atomic E-state index is 5.82. The third-order valence-corrected chi connectivity index (χ3v) is 4.97. The third kappa shape index (κ3) is 6.13. The number of nitrogens with one attached hydrogen (secondary N) is 2. The second-order valence-corrected chi connectivity index (χ2v) is 6.98. The number of hydrogen-bond acceptors (Lipinski definition) is 4. The first-order valence-corrected chi connectivity index (χ1v) is 9.31. The normalized spacial score (nSPS) is 17.6. The highest BCUT2D eigenvalue weighted by atomic mass is 35.5. The van der Waals surface area contributed by atoms with E-state index in [1.807, 2.05) is 18.3 Å². The molecule has 1 aliphatic heterocycles. The molecular formula is C18H30ClN5O. The molecule has 1 saturated heterocycles. The van der Waals surface area contributed by atoms with E-state index >= 15 is 0 Å². The van der Waals surface area contributed by atoms with E-state index in [2.05, 4.69) is 41.5 Å². The molecule has 1 aromatic rings. The van der Waals surface area contributed by atoms with Crippen LogP contribution in [0.3, 0.4) is 0 Å². The monoisotopic (exact) mass is 367 g/mol. The summed E-state index contributed by atoms with van der Waals surface area (Å²) in [7, 11) is 4.27. The van der Waals surface area contributed by atoms with E-state index in [0.29, 0.717) is 5.15 Å². The van der Waals surface area contributed by atoms with Crippen LogP contribution < -0.4 is 10.6 Å². The average molecular weight is 368 g/mol. The lowest BCUT2D eigenvalue weighted by atomic mass is 9.89. The summed E-state index contributed by atoms with van der Waals surface area (Å²) in [4.78, 5) is 11.2. The van der Waals surface area contributed by atoms with Crippen molar-refractivity contribution < 1.29 is 4.74 Å². The number of aliphatic imine (C=N–C) groups is 1. The number of rotatable bonds is 7. The molecule has 0 aliphatic carbocycles. The molecule has 7 heteroatoms. The van der Waals surface area contributed by atoms with Gasteiger partial charge in [-0.3, -0.25) is 4.99 Å². The Balaban J connectivity index is 1.91. The minimum absolute atomic E-state index is 0.0840. The van der Waals surface area contributed by atoms with Gasteiger partial charge in [0.15, 0.2) is 5.96 Å². The van der Waals surface area contributed by atoms with E-state index in [-0.39, 0.29) is 5.54 Å². The summed E-state index contributed by atoms with van der Waals surface area (Å²) in [6.45, 7) is 6.10. The molecule has 6 nitrogen and oxygen atoms in total. The largest absolute Gasteiger partial charge is 0.381 e. The number of guanidine groups is 1. The topological polar surface area (TPSA) is 61.8 Å². The number of halogens is 1. The van der Waals surface area contributed by atoms with Crippen LogP contribution in [0.25, 0.3) is 0 Å². The van der Waals surface area contributed by atoms with E-state index < -0.39 is 0 Å². The van der Waals surface area contributed by atoms with Crippen LogP contribution >= 0.6 is 11.6 Å². The first kappa shape index (κ1) is 19.9. The molecule has 0 aromatic carbocycles. The minimum atomic E-state index is 0.0840. The standard InChI is InChI=1S/C18H30ClN5O/c1-4-20-17(21-10-7-15-5-6-16(19)22-13-15)23-14-18(24(2)3)8-11-25-12-9-18/h5-6,13H,4,7-12,14H2,1-3H3,(H2,20,21,23). The average Bonchev–Trinajstić information content (AvgIpc) is 2.62. The van der Waals surface area contributed by atoms with Crippen molar-refractivity contribution in [2.24, 2.45) is 4.99 Å². The van der Waals surface area contributed by atoms with E-state index in [0.717, 1.165) is 63.6 Å². The molecule has 1 aliphatic rings. The van der Waals surface area contributed by atoms with Crippen molar-refractivity contribution in [1.29, 1.82) is 0 Å². The Hall–Kier alpha value is -1.37. The van der Waals surface area contributed by atoms with Gasteiger partial charge in [0.05, 0.1) is 6.54 Å². The lowest BCUT2D eigenvalue weighted by molar-refractivity contribution is -0.00254. The number of hydrogen-bond donors (Lipinski definition) is 2. The minimum Gasteiger partial charge on any atom is -0.381 e. The van der Waals surface area contributed by atoms with Crippen molar-refractivity contribution in [3.63, 3.8) is 0 Å². The summed E-state index contributed by atoms with van der Waals surface area (Å²) >= 11 is 5.82. The predicted molar refractivity (Wildman–Crippen MR) is 103 cm³/mol. The molecule has 0 bridgehead atoms. The Kier molecular flexibility index (Phi) is 7.93. The Bertz CT molecular complexity index is 541. The third-order valence-electron chi connectivity index (χ3n) is 4.74. The van der Waals surface area contributed by atoms with Crippen molar-refractivity contribution in [3.8, 4) is 0 Å². The van der Waals surface area contributed by atoms with Crippen LogP contribution in [-0.2, 0) is 11.2 Å². The van der Waals surface area contributed by atoms with Gasteiger partial charge in [-0.2, -0.15) is 0 Å². The number of likely N-dealkylation sites (N-methyl/N-ethyl adjacent to an activating group) is 1. The molecular weight excluding hydrogens is 338 g/mol. The lowest BCUT2D eigenvalue weighted by Gasteiger charge is -2.41. The summed E-state index contributed by atoms with van der Waals surface area (Å²) in [5.74, 6) is 0.858. The van der Waals surface area contributed by atoms with E-state index in [1.54, 1.807) is 0 Å². The van der Waals surface area contributed by atoms with E-state index in [1.165, 1.54) is 0 Å². The van der Waals surface area contributed by atoms with Crippen LogP contribution in [0, 0.1) is 0 Å². The van der Waals surface area contributed by atoms with Gasteiger partial charge >= 0.3 is 0 Å². The fraction of sp³-hybridized carbons (Fsp3) is 0.667. The smallest absolute Gasteiger partial charge is 0.191 e. The van der Waals surface area contributed by atoms with Crippen molar-refractivity contribution in [2.45, 2.75) is 31.7 Å². The number of ether oxygens (including phenoxy) is 1. The Morgan fingerprint density at radius 1 is 1.32 bits per heavy atom. The summed E-state index contributed by atoms with van der Waals surface area (Å²) in [5, 5.41) is 7.26. The van der Waals surface area contributed by atoms with Gasteiger partial charge in [0.1, 0.15) is 5.15 Å². The molecule has 2 N–H and O–H groups in total.